The van der Waals surface area contributed by atoms with Gasteiger partial charge in [0.05, 0.1) is 22.3 Å². The molecule has 1 unspecified atom stereocenters. The Morgan fingerprint density at radius 2 is 1.98 bits per heavy atom. The first-order chi connectivity index (χ1) is 20.5. The number of alkyl halides is 1. The van der Waals surface area contributed by atoms with E-state index in [0.717, 1.165) is 63.7 Å². The van der Waals surface area contributed by atoms with Gasteiger partial charge in [0.25, 0.3) is 0 Å². The van der Waals surface area contributed by atoms with Crippen molar-refractivity contribution >= 4 is 46.4 Å². The molecule has 3 aromatic rings. The third-order valence-corrected chi connectivity index (χ3v) is 9.97. The van der Waals surface area contributed by atoms with Crippen molar-refractivity contribution in [1.82, 2.24) is 14.9 Å². The van der Waals surface area contributed by atoms with Gasteiger partial charge in [0.1, 0.15) is 24.1 Å². The van der Waals surface area contributed by atoms with Crippen LogP contribution < -0.4 is 14.5 Å². The van der Waals surface area contributed by atoms with E-state index in [9.17, 15) is 4.39 Å². The number of fused-ring (bicyclic) bond motifs is 3. The maximum Gasteiger partial charge on any atom is 0.319 e. The topological polar surface area (TPSA) is 57.1 Å². The van der Waals surface area contributed by atoms with E-state index in [1.165, 1.54) is 5.56 Å². The van der Waals surface area contributed by atoms with E-state index < -0.39 is 12.0 Å². The molecule has 2 aromatic carbocycles. The minimum absolute atomic E-state index is 0.120. The van der Waals surface area contributed by atoms with Crippen molar-refractivity contribution in [2.24, 2.45) is 4.99 Å². The summed E-state index contributed by atoms with van der Waals surface area (Å²) < 4.78 is 37.5. The highest BCUT2D eigenvalue weighted by molar-refractivity contribution is 6.34. The Labute approximate surface area is 250 Å². The van der Waals surface area contributed by atoms with Crippen molar-refractivity contribution in [1.29, 1.82) is 0 Å². The number of aromatic nitrogens is 2. The Bertz CT molecular complexity index is 1510. The maximum atomic E-state index is 16.8. The summed E-state index contributed by atoms with van der Waals surface area (Å²) in [5, 5.41) is 0.894. The van der Waals surface area contributed by atoms with Gasteiger partial charge in [0, 0.05) is 43.7 Å². The molecule has 7 nitrogen and oxygen atoms in total. The summed E-state index contributed by atoms with van der Waals surface area (Å²) in [7, 11) is 0. The fraction of sp³-hybridized carbons (Fsp3) is 0.531. The van der Waals surface area contributed by atoms with Crippen LogP contribution in [0.15, 0.2) is 35.3 Å². The van der Waals surface area contributed by atoms with Gasteiger partial charge in [-0.15, -0.1) is 0 Å². The first-order valence-corrected chi connectivity index (χ1v) is 15.6. The number of aliphatic imine (C=N–C) groups is 1. The fourth-order valence-corrected chi connectivity index (χ4v) is 7.88. The lowest BCUT2D eigenvalue weighted by Gasteiger charge is -2.33. The van der Waals surface area contributed by atoms with Crippen molar-refractivity contribution in [3.63, 3.8) is 0 Å². The number of hydrogen-bond acceptors (Lipinski definition) is 7. The van der Waals surface area contributed by atoms with Crippen LogP contribution >= 0.6 is 11.6 Å². The number of halogens is 3. The number of hydrogen-bond donors (Lipinski definition) is 0. The van der Waals surface area contributed by atoms with Crippen molar-refractivity contribution in [2.75, 3.05) is 49.1 Å². The molecule has 10 heteroatoms. The number of rotatable bonds is 6. The minimum atomic E-state index is -0.861. The van der Waals surface area contributed by atoms with E-state index in [4.69, 9.17) is 21.3 Å². The molecule has 7 rings (SSSR count). The molecule has 3 atom stereocenters. The molecule has 0 radical (unpaired) electrons. The van der Waals surface area contributed by atoms with Gasteiger partial charge in [-0.25, -0.2) is 8.78 Å². The average molecular weight is 595 g/mol. The monoisotopic (exact) mass is 594 g/mol. The van der Waals surface area contributed by atoms with Crippen LogP contribution in [-0.4, -0.2) is 78.7 Å². The Kier molecular flexibility index (Phi) is 7.42. The Morgan fingerprint density at radius 1 is 1.10 bits per heavy atom. The molecule has 0 amide bonds. The van der Waals surface area contributed by atoms with E-state index in [0.29, 0.717) is 48.0 Å². The highest BCUT2D eigenvalue weighted by atomic mass is 35.5. The van der Waals surface area contributed by atoms with Gasteiger partial charge in [-0.05, 0) is 75.9 Å². The molecule has 0 aliphatic carbocycles. The number of benzene rings is 2. The predicted octanol–water partition coefficient (Wildman–Crippen LogP) is 6.52. The van der Waals surface area contributed by atoms with E-state index in [1.807, 2.05) is 29.2 Å². The zero-order valence-electron chi connectivity index (χ0n) is 23.9. The molecule has 4 aliphatic rings. The maximum absolute atomic E-state index is 16.8. The quantitative estimate of drug-likeness (QED) is 0.303. The van der Waals surface area contributed by atoms with Gasteiger partial charge in [-0.3, -0.25) is 9.89 Å². The van der Waals surface area contributed by atoms with E-state index in [-0.39, 0.29) is 29.7 Å². The van der Waals surface area contributed by atoms with Gasteiger partial charge in [0.2, 0.25) is 0 Å². The Hall–Kier alpha value is -3.04. The van der Waals surface area contributed by atoms with Crippen molar-refractivity contribution < 1.29 is 13.5 Å². The molecular weight excluding hydrogens is 558 g/mol. The summed E-state index contributed by atoms with van der Waals surface area (Å²) in [6, 6.07) is 10.2. The van der Waals surface area contributed by atoms with Crippen LogP contribution in [0.3, 0.4) is 0 Å². The van der Waals surface area contributed by atoms with Crippen LogP contribution in [0.1, 0.15) is 50.5 Å². The summed E-state index contributed by atoms with van der Waals surface area (Å²) in [5.74, 6) is 0.134. The van der Waals surface area contributed by atoms with Gasteiger partial charge in [-0.2, -0.15) is 9.97 Å². The van der Waals surface area contributed by atoms with Gasteiger partial charge in [-0.1, -0.05) is 29.8 Å². The van der Waals surface area contributed by atoms with Crippen LogP contribution in [-0.2, 0) is 6.42 Å². The molecule has 3 saturated heterocycles. The smallest absolute Gasteiger partial charge is 0.319 e. The molecular formula is C32H37ClF2N6O. The molecule has 0 N–H and O–H groups in total. The van der Waals surface area contributed by atoms with Crippen LogP contribution in [0.4, 0.5) is 26.0 Å². The molecule has 4 aliphatic heterocycles. The normalized spacial score (nSPS) is 26.3. The minimum Gasteiger partial charge on any atom is -0.461 e. The molecule has 1 aromatic heterocycles. The van der Waals surface area contributed by atoms with Gasteiger partial charge < -0.3 is 14.5 Å². The largest absolute Gasteiger partial charge is 0.461 e. The van der Waals surface area contributed by atoms with E-state index in [1.54, 1.807) is 0 Å². The van der Waals surface area contributed by atoms with Crippen LogP contribution in [0.25, 0.3) is 10.9 Å². The number of nitrogens with zero attached hydrogens (tertiary/aromatic N) is 6. The third kappa shape index (κ3) is 4.88. The summed E-state index contributed by atoms with van der Waals surface area (Å²) in [5.41, 5.74) is 2.30. The molecule has 5 heterocycles. The fourth-order valence-electron chi connectivity index (χ4n) is 7.59. The second-order valence-corrected chi connectivity index (χ2v) is 12.7. The standard InChI is InChI=1S/C32H37ClF2N6O/c1-36-23-9-5-13-39(16-11-23)30-24-17-25(33)29(41-15-4-8-21-7-2-3-10-26(21)41)27(35)28(24)37-31(38-30)42-20-32-12-6-14-40(32)19-22(34)18-32/h2-3,7,10,17,22-23H,1,4-6,8-9,11-16,18-20H2/t22-,23?,32+/m1/s1. The number of anilines is 3. The van der Waals surface area contributed by atoms with Gasteiger partial charge in [0.15, 0.2) is 5.82 Å². The van der Waals surface area contributed by atoms with E-state index >= 15 is 4.39 Å². The van der Waals surface area contributed by atoms with Crippen molar-refractivity contribution in [3.05, 3.63) is 46.7 Å². The number of para-hydroxylation sites is 1. The van der Waals surface area contributed by atoms with Crippen molar-refractivity contribution in [3.8, 4) is 6.01 Å². The highest BCUT2D eigenvalue weighted by Gasteiger charge is 2.49. The SMILES string of the molecule is C=NC1CCCN(c2nc(OC[C@@]34CCCN3C[C@H](F)C4)nc3c(F)c(N4CCCc5ccccc54)c(Cl)cc23)CC1. The summed E-state index contributed by atoms with van der Waals surface area (Å²) in [6.45, 7) is 7.46. The third-order valence-electron chi connectivity index (χ3n) is 9.68. The molecule has 0 spiro atoms. The first-order valence-electron chi connectivity index (χ1n) is 15.2. The second-order valence-electron chi connectivity index (χ2n) is 12.2. The summed E-state index contributed by atoms with van der Waals surface area (Å²) in [6.07, 6.45) is 6.01. The first kappa shape index (κ1) is 27.8. The van der Waals surface area contributed by atoms with Crippen LogP contribution in [0, 0.1) is 5.82 Å². The summed E-state index contributed by atoms with van der Waals surface area (Å²) >= 11 is 6.91. The van der Waals surface area contributed by atoms with Crippen molar-refractivity contribution in [2.45, 2.75) is 69.1 Å². The molecule has 0 saturated carbocycles. The number of aryl methyl sites for hydroxylation is 1. The van der Waals surface area contributed by atoms with Crippen LogP contribution in [0.2, 0.25) is 5.02 Å². The Morgan fingerprint density at radius 3 is 2.86 bits per heavy atom. The van der Waals surface area contributed by atoms with Crippen LogP contribution in [0.5, 0.6) is 6.01 Å². The lowest BCUT2D eigenvalue weighted by atomic mass is 9.95. The molecule has 0 bridgehead atoms. The zero-order chi connectivity index (χ0) is 28.8. The molecule has 3 fully saturated rings. The summed E-state index contributed by atoms with van der Waals surface area (Å²) in [4.78, 5) is 20.1. The molecule has 42 heavy (non-hydrogen) atoms. The predicted molar refractivity (Wildman–Crippen MR) is 164 cm³/mol. The second kappa shape index (κ2) is 11.2. The number of ether oxygens (including phenoxy) is 1. The lowest BCUT2D eigenvalue weighted by Crippen LogP contribution is -2.43. The zero-order valence-corrected chi connectivity index (χ0v) is 24.6. The molecule has 222 valence electrons. The van der Waals surface area contributed by atoms with Gasteiger partial charge >= 0.3 is 6.01 Å². The van der Waals surface area contributed by atoms with E-state index in [2.05, 4.69) is 32.6 Å². The highest BCUT2D eigenvalue weighted by Crippen LogP contribution is 2.44. The average Bonchev–Trinajstić information content (AvgIpc) is 3.40. The Balaban J connectivity index is 1.32. The lowest BCUT2D eigenvalue weighted by molar-refractivity contribution is 0.107.